The fraction of sp³-hybridized carbons (Fsp3) is 0.500. The number of nitrogens with one attached hydrogen (secondary N) is 1. The minimum atomic E-state index is -1.15. The first-order valence-corrected chi connectivity index (χ1v) is 5.79. The largest absolute Gasteiger partial charge is 0.480 e. The van der Waals surface area contributed by atoms with E-state index in [0.29, 0.717) is 19.4 Å². The summed E-state index contributed by atoms with van der Waals surface area (Å²) >= 11 is 1.50. The third kappa shape index (κ3) is 1.92. The molecular weight excluding hydrogens is 228 g/mol. The molecule has 2 rings (SSSR count). The van der Waals surface area contributed by atoms with Crippen LogP contribution in [-0.4, -0.2) is 22.0 Å². The lowest BCUT2D eigenvalue weighted by atomic mass is 10.1. The van der Waals surface area contributed by atoms with Gasteiger partial charge < -0.3 is 10.4 Å². The molecule has 1 aliphatic rings. The zero-order valence-corrected chi connectivity index (χ0v) is 9.63. The SMILES string of the molecule is Cc1ncc(CNC(=O)C2(C(=O)O)CC2)s1. The van der Waals surface area contributed by atoms with Crippen LogP contribution in [0.1, 0.15) is 22.7 Å². The Morgan fingerprint density at radius 2 is 2.31 bits per heavy atom. The Balaban J connectivity index is 1.92. The molecule has 1 amide bonds. The van der Waals surface area contributed by atoms with Crippen molar-refractivity contribution in [3.8, 4) is 0 Å². The van der Waals surface area contributed by atoms with Gasteiger partial charge in [-0.3, -0.25) is 9.59 Å². The Kier molecular flexibility index (Phi) is 2.67. The molecule has 0 aliphatic heterocycles. The molecule has 6 heteroatoms. The predicted molar refractivity (Wildman–Crippen MR) is 58.0 cm³/mol. The fourth-order valence-electron chi connectivity index (χ4n) is 1.49. The summed E-state index contributed by atoms with van der Waals surface area (Å²) in [5.74, 6) is -1.41. The van der Waals surface area contributed by atoms with E-state index in [-0.39, 0.29) is 5.91 Å². The second-order valence-electron chi connectivity index (χ2n) is 3.92. The highest BCUT2D eigenvalue weighted by molar-refractivity contribution is 7.11. The van der Waals surface area contributed by atoms with Gasteiger partial charge in [-0.2, -0.15) is 0 Å². The predicted octanol–water partition coefficient (Wildman–Crippen LogP) is 0.933. The number of carbonyl (C=O) groups is 2. The fourth-order valence-corrected chi connectivity index (χ4v) is 2.22. The van der Waals surface area contributed by atoms with E-state index in [1.54, 1.807) is 6.20 Å². The molecule has 1 aliphatic carbocycles. The lowest BCUT2D eigenvalue weighted by molar-refractivity contribution is -0.149. The second-order valence-corrected chi connectivity index (χ2v) is 5.23. The molecule has 0 spiro atoms. The van der Waals surface area contributed by atoms with E-state index < -0.39 is 11.4 Å². The summed E-state index contributed by atoms with van der Waals surface area (Å²) in [5.41, 5.74) is -1.15. The van der Waals surface area contributed by atoms with Crippen LogP contribution in [0.2, 0.25) is 0 Å². The molecule has 0 aromatic carbocycles. The van der Waals surface area contributed by atoms with Crippen molar-refractivity contribution in [3.05, 3.63) is 16.1 Å². The molecule has 0 atom stereocenters. The summed E-state index contributed by atoms with van der Waals surface area (Å²) in [6.45, 7) is 2.25. The quantitative estimate of drug-likeness (QED) is 0.767. The highest BCUT2D eigenvalue weighted by Gasteiger charge is 2.56. The number of carbonyl (C=O) groups excluding carboxylic acids is 1. The van der Waals surface area contributed by atoms with Crippen LogP contribution < -0.4 is 5.32 Å². The maximum atomic E-state index is 11.6. The van der Waals surface area contributed by atoms with Gasteiger partial charge in [-0.05, 0) is 19.8 Å². The maximum absolute atomic E-state index is 11.6. The first-order chi connectivity index (χ1) is 7.54. The van der Waals surface area contributed by atoms with Gasteiger partial charge in [-0.15, -0.1) is 11.3 Å². The summed E-state index contributed by atoms with van der Waals surface area (Å²) in [4.78, 5) is 27.5. The Hall–Kier alpha value is -1.43. The normalized spacial score (nSPS) is 16.8. The number of aliphatic carboxylic acids is 1. The summed E-state index contributed by atoms with van der Waals surface area (Å²) in [6, 6.07) is 0. The molecule has 2 N–H and O–H groups in total. The van der Waals surface area contributed by atoms with Crippen molar-refractivity contribution in [1.82, 2.24) is 10.3 Å². The number of aromatic nitrogens is 1. The zero-order chi connectivity index (χ0) is 11.8. The van der Waals surface area contributed by atoms with E-state index in [4.69, 9.17) is 5.11 Å². The topological polar surface area (TPSA) is 79.3 Å². The Bertz CT molecular complexity index is 437. The van der Waals surface area contributed by atoms with E-state index in [9.17, 15) is 9.59 Å². The van der Waals surface area contributed by atoms with E-state index >= 15 is 0 Å². The van der Waals surface area contributed by atoms with Crippen LogP contribution >= 0.6 is 11.3 Å². The van der Waals surface area contributed by atoms with Gasteiger partial charge in [0.15, 0.2) is 0 Å². The lowest BCUT2D eigenvalue weighted by Gasteiger charge is -2.09. The van der Waals surface area contributed by atoms with Gasteiger partial charge in [0.1, 0.15) is 5.41 Å². The summed E-state index contributed by atoms with van der Waals surface area (Å²) in [5, 5.41) is 12.5. The van der Waals surface area contributed by atoms with Gasteiger partial charge in [0.05, 0.1) is 11.6 Å². The molecule has 16 heavy (non-hydrogen) atoms. The Morgan fingerprint density at radius 3 is 2.75 bits per heavy atom. The molecule has 0 radical (unpaired) electrons. The zero-order valence-electron chi connectivity index (χ0n) is 8.82. The average molecular weight is 240 g/mol. The standard InChI is InChI=1S/C10H12N2O3S/c1-6-11-4-7(16-6)5-12-8(13)10(2-3-10)9(14)15/h4H,2-3,5H2,1H3,(H,12,13)(H,14,15). The molecule has 1 aromatic rings. The number of carboxylic acid groups (broad SMARTS) is 1. The van der Waals surface area contributed by atoms with Crippen LogP contribution in [0.4, 0.5) is 0 Å². The van der Waals surface area contributed by atoms with Gasteiger partial charge in [0, 0.05) is 11.1 Å². The lowest BCUT2D eigenvalue weighted by Crippen LogP contribution is -2.36. The molecule has 1 heterocycles. The number of aryl methyl sites for hydroxylation is 1. The number of amides is 1. The van der Waals surface area contributed by atoms with Crippen LogP contribution in [-0.2, 0) is 16.1 Å². The van der Waals surface area contributed by atoms with E-state index in [0.717, 1.165) is 9.88 Å². The number of thiazole rings is 1. The van der Waals surface area contributed by atoms with Crippen molar-refractivity contribution in [2.75, 3.05) is 0 Å². The monoisotopic (exact) mass is 240 g/mol. The van der Waals surface area contributed by atoms with Gasteiger partial charge in [-0.25, -0.2) is 4.98 Å². The van der Waals surface area contributed by atoms with Gasteiger partial charge in [0.25, 0.3) is 0 Å². The van der Waals surface area contributed by atoms with Crippen LogP contribution in [0, 0.1) is 12.3 Å². The van der Waals surface area contributed by atoms with Gasteiger partial charge in [-0.1, -0.05) is 0 Å². The number of hydrogen-bond donors (Lipinski definition) is 2. The highest BCUT2D eigenvalue weighted by atomic mass is 32.1. The minimum absolute atomic E-state index is 0.360. The smallest absolute Gasteiger partial charge is 0.319 e. The maximum Gasteiger partial charge on any atom is 0.319 e. The van der Waals surface area contributed by atoms with Crippen molar-refractivity contribution in [1.29, 1.82) is 0 Å². The molecule has 1 aromatic heterocycles. The van der Waals surface area contributed by atoms with E-state index in [1.807, 2.05) is 6.92 Å². The second kappa shape index (κ2) is 3.86. The number of carboxylic acids is 1. The molecule has 5 nitrogen and oxygen atoms in total. The van der Waals surface area contributed by atoms with Crippen molar-refractivity contribution in [3.63, 3.8) is 0 Å². The van der Waals surface area contributed by atoms with Gasteiger partial charge >= 0.3 is 5.97 Å². The molecule has 0 bridgehead atoms. The van der Waals surface area contributed by atoms with Crippen LogP contribution in [0.5, 0.6) is 0 Å². The Morgan fingerprint density at radius 1 is 1.62 bits per heavy atom. The molecule has 0 unspecified atom stereocenters. The molecule has 86 valence electrons. The first-order valence-electron chi connectivity index (χ1n) is 4.97. The minimum Gasteiger partial charge on any atom is -0.480 e. The number of hydrogen-bond acceptors (Lipinski definition) is 4. The molecular formula is C10H12N2O3S. The Labute approximate surface area is 96.5 Å². The van der Waals surface area contributed by atoms with Crippen molar-refractivity contribution >= 4 is 23.2 Å². The van der Waals surface area contributed by atoms with Crippen molar-refractivity contribution in [2.45, 2.75) is 26.3 Å². The molecule has 0 saturated heterocycles. The van der Waals surface area contributed by atoms with Crippen molar-refractivity contribution in [2.24, 2.45) is 5.41 Å². The summed E-state index contributed by atoms with van der Waals surface area (Å²) in [7, 11) is 0. The van der Waals surface area contributed by atoms with Crippen molar-refractivity contribution < 1.29 is 14.7 Å². The average Bonchev–Trinajstić information content (AvgIpc) is 2.95. The molecule has 1 saturated carbocycles. The summed E-state index contributed by atoms with van der Waals surface area (Å²) < 4.78 is 0. The molecule has 1 fully saturated rings. The van der Waals surface area contributed by atoms with E-state index in [1.165, 1.54) is 11.3 Å². The number of nitrogens with zero attached hydrogens (tertiary/aromatic N) is 1. The van der Waals surface area contributed by atoms with Crippen LogP contribution in [0.25, 0.3) is 0 Å². The third-order valence-corrected chi connectivity index (χ3v) is 3.60. The number of rotatable bonds is 4. The third-order valence-electron chi connectivity index (χ3n) is 2.69. The first kappa shape index (κ1) is 11.1. The van der Waals surface area contributed by atoms with Crippen LogP contribution in [0.15, 0.2) is 6.20 Å². The highest BCUT2D eigenvalue weighted by Crippen LogP contribution is 2.46. The van der Waals surface area contributed by atoms with E-state index in [2.05, 4.69) is 10.3 Å². The summed E-state index contributed by atoms with van der Waals surface area (Å²) in [6.07, 6.45) is 2.58. The van der Waals surface area contributed by atoms with Crippen LogP contribution in [0.3, 0.4) is 0 Å². The van der Waals surface area contributed by atoms with Gasteiger partial charge in [0.2, 0.25) is 5.91 Å².